The second kappa shape index (κ2) is 7.26. The Kier molecular flexibility index (Phi) is 4.65. The Bertz CT molecular complexity index is 1070. The van der Waals surface area contributed by atoms with Gasteiger partial charge in [0.05, 0.1) is 11.0 Å². The minimum absolute atomic E-state index is 0.0950. The molecule has 28 heavy (non-hydrogen) atoms. The normalized spacial score (nSPS) is 16.3. The van der Waals surface area contributed by atoms with Crippen molar-refractivity contribution < 1.29 is 9.59 Å². The van der Waals surface area contributed by atoms with Gasteiger partial charge in [-0.1, -0.05) is 12.1 Å². The Morgan fingerprint density at radius 3 is 2.75 bits per heavy atom. The summed E-state index contributed by atoms with van der Waals surface area (Å²) in [6.45, 7) is 3.03. The van der Waals surface area contributed by atoms with Crippen LogP contribution in [-0.4, -0.2) is 45.8 Å². The third kappa shape index (κ3) is 3.51. The summed E-state index contributed by atoms with van der Waals surface area (Å²) in [5, 5.41) is 3.51. The Labute approximate surface area is 162 Å². The number of rotatable bonds is 4. The van der Waals surface area contributed by atoms with Crippen LogP contribution in [0.25, 0.3) is 22.2 Å². The van der Waals surface area contributed by atoms with E-state index < -0.39 is 5.91 Å². The van der Waals surface area contributed by atoms with Crippen molar-refractivity contribution in [1.82, 2.24) is 14.9 Å². The van der Waals surface area contributed by atoms with Gasteiger partial charge in [-0.3, -0.25) is 19.6 Å². The highest BCUT2D eigenvalue weighted by molar-refractivity contribution is 5.98. The number of carbonyl (C=O) groups is 2. The first kappa shape index (κ1) is 17.9. The van der Waals surface area contributed by atoms with Crippen molar-refractivity contribution in [3.05, 3.63) is 54.4 Å². The Hall–Kier alpha value is -3.48. The third-order valence-corrected chi connectivity index (χ3v) is 5.04. The maximum absolute atomic E-state index is 11.6. The van der Waals surface area contributed by atoms with Crippen molar-refractivity contribution >= 4 is 28.5 Å². The number of nitrogens with two attached hydrogens (primary N) is 1. The standard InChI is InChI=1S/C21H21N5O2/c1-13(27)26-8-5-16(12-26)25-17-10-18(20-19(11-17)23-6-7-24-20)14-3-2-4-15(9-14)21(22)28/h2-4,6-7,9-11,16,25H,5,8,12H2,1H3,(H2,22,28). The lowest BCUT2D eigenvalue weighted by Crippen LogP contribution is -2.29. The summed E-state index contributed by atoms with van der Waals surface area (Å²) in [6, 6.07) is 11.3. The molecule has 1 unspecified atom stereocenters. The fraction of sp³-hybridized carbons (Fsp3) is 0.238. The van der Waals surface area contributed by atoms with Gasteiger partial charge in [0.15, 0.2) is 0 Å². The smallest absolute Gasteiger partial charge is 0.248 e. The minimum atomic E-state index is -0.471. The van der Waals surface area contributed by atoms with E-state index >= 15 is 0 Å². The first-order chi connectivity index (χ1) is 13.5. The summed E-state index contributed by atoms with van der Waals surface area (Å²) in [7, 11) is 0. The van der Waals surface area contributed by atoms with Crippen LogP contribution in [-0.2, 0) is 4.79 Å². The second-order valence-electron chi connectivity index (χ2n) is 6.99. The molecule has 2 aromatic carbocycles. The van der Waals surface area contributed by atoms with E-state index in [1.165, 1.54) is 0 Å². The van der Waals surface area contributed by atoms with E-state index in [1.54, 1.807) is 37.5 Å². The fourth-order valence-corrected chi connectivity index (χ4v) is 3.62. The minimum Gasteiger partial charge on any atom is -0.380 e. The van der Waals surface area contributed by atoms with Crippen molar-refractivity contribution in [2.45, 2.75) is 19.4 Å². The molecular formula is C21H21N5O2. The molecule has 2 heterocycles. The zero-order valence-corrected chi connectivity index (χ0v) is 15.6. The molecule has 3 N–H and O–H groups in total. The lowest BCUT2D eigenvalue weighted by atomic mass is 10.00. The van der Waals surface area contributed by atoms with Gasteiger partial charge in [-0.2, -0.15) is 0 Å². The van der Waals surface area contributed by atoms with Crippen LogP contribution in [0.2, 0.25) is 0 Å². The molecule has 0 spiro atoms. The van der Waals surface area contributed by atoms with Crippen LogP contribution in [0.4, 0.5) is 5.69 Å². The van der Waals surface area contributed by atoms with E-state index in [2.05, 4.69) is 15.3 Å². The number of primary amides is 1. The quantitative estimate of drug-likeness (QED) is 0.729. The highest BCUT2D eigenvalue weighted by atomic mass is 16.2. The average molecular weight is 375 g/mol. The van der Waals surface area contributed by atoms with E-state index in [1.807, 2.05) is 23.1 Å². The number of benzene rings is 2. The third-order valence-electron chi connectivity index (χ3n) is 5.04. The Morgan fingerprint density at radius 2 is 2.00 bits per heavy atom. The Morgan fingerprint density at radius 1 is 1.18 bits per heavy atom. The number of aromatic nitrogens is 2. The molecule has 0 bridgehead atoms. The zero-order valence-electron chi connectivity index (χ0n) is 15.6. The highest BCUT2D eigenvalue weighted by Gasteiger charge is 2.24. The van der Waals surface area contributed by atoms with E-state index in [0.29, 0.717) is 12.1 Å². The number of carbonyl (C=O) groups excluding carboxylic acids is 2. The lowest BCUT2D eigenvalue weighted by molar-refractivity contribution is -0.127. The van der Waals surface area contributed by atoms with Gasteiger partial charge in [-0.05, 0) is 36.2 Å². The van der Waals surface area contributed by atoms with Gasteiger partial charge >= 0.3 is 0 Å². The molecule has 1 aromatic heterocycles. The summed E-state index contributed by atoms with van der Waals surface area (Å²) in [5.41, 5.74) is 10.0. The van der Waals surface area contributed by atoms with Crippen molar-refractivity contribution in [3.8, 4) is 11.1 Å². The molecule has 1 aliphatic rings. The molecule has 142 valence electrons. The van der Waals surface area contributed by atoms with Gasteiger partial charge < -0.3 is 16.0 Å². The zero-order chi connectivity index (χ0) is 19.7. The van der Waals surface area contributed by atoms with E-state index in [0.717, 1.165) is 40.8 Å². The predicted molar refractivity (Wildman–Crippen MR) is 108 cm³/mol. The van der Waals surface area contributed by atoms with Crippen molar-refractivity contribution in [2.75, 3.05) is 18.4 Å². The van der Waals surface area contributed by atoms with Crippen LogP contribution in [0.3, 0.4) is 0 Å². The first-order valence-corrected chi connectivity index (χ1v) is 9.18. The second-order valence-corrected chi connectivity index (χ2v) is 6.99. The van der Waals surface area contributed by atoms with Crippen LogP contribution in [0.15, 0.2) is 48.8 Å². The lowest BCUT2D eigenvalue weighted by Gasteiger charge is -2.17. The number of nitrogens with zero attached hydrogens (tertiary/aromatic N) is 3. The maximum atomic E-state index is 11.6. The summed E-state index contributed by atoms with van der Waals surface area (Å²) in [5.74, 6) is -0.376. The first-order valence-electron chi connectivity index (χ1n) is 9.18. The molecule has 7 nitrogen and oxygen atoms in total. The van der Waals surface area contributed by atoms with Crippen molar-refractivity contribution in [1.29, 1.82) is 0 Å². The number of hydrogen-bond acceptors (Lipinski definition) is 5. The van der Waals surface area contributed by atoms with Gasteiger partial charge in [-0.15, -0.1) is 0 Å². The Balaban J connectivity index is 1.73. The van der Waals surface area contributed by atoms with Crippen LogP contribution in [0, 0.1) is 0 Å². The van der Waals surface area contributed by atoms with E-state index in [-0.39, 0.29) is 11.9 Å². The molecule has 1 saturated heterocycles. The molecule has 7 heteroatoms. The average Bonchev–Trinajstić information content (AvgIpc) is 3.16. The maximum Gasteiger partial charge on any atom is 0.248 e. The summed E-state index contributed by atoms with van der Waals surface area (Å²) in [4.78, 5) is 33.9. The van der Waals surface area contributed by atoms with E-state index in [4.69, 9.17) is 5.73 Å². The number of nitrogens with one attached hydrogen (secondary N) is 1. The predicted octanol–water partition coefficient (Wildman–Crippen LogP) is 2.43. The number of fused-ring (bicyclic) bond motifs is 1. The summed E-state index contributed by atoms with van der Waals surface area (Å²) >= 11 is 0. The highest BCUT2D eigenvalue weighted by Crippen LogP contribution is 2.31. The molecule has 4 rings (SSSR count). The molecule has 1 atom stereocenters. The van der Waals surface area contributed by atoms with Crippen LogP contribution in [0.5, 0.6) is 0 Å². The molecule has 0 radical (unpaired) electrons. The van der Waals surface area contributed by atoms with Gasteiger partial charge in [0.1, 0.15) is 0 Å². The van der Waals surface area contributed by atoms with Gasteiger partial charge in [-0.25, -0.2) is 0 Å². The van der Waals surface area contributed by atoms with Gasteiger partial charge in [0, 0.05) is 55.3 Å². The molecule has 1 fully saturated rings. The number of hydrogen-bond donors (Lipinski definition) is 2. The van der Waals surface area contributed by atoms with Gasteiger partial charge in [0.25, 0.3) is 0 Å². The number of anilines is 1. The fourth-order valence-electron chi connectivity index (χ4n) is 3.62. The van der Waals surface area contributed by atoms with Crippen LogP contribution >= 0.6 is 0 Å². The molecule has 2 amide bonds. The van der Waals surface area contributed by atoms with Gasteiger partial charge in [0.2, 0.25) is 11.8 Å². The largest absolute Gasteiger partial charge is 0.380 e. The summed E-state index contributed by atoms with van der Waals surface area (Å²) in [6.07, 6.45) is 4.20. The number of likely N-dealkylation sites (tertiary alicyclic amines) is 1. The number of amides is 2. The van der Waals surface area contributed by atoms with Crippen molar-refractivity contribution in [2.24, 2.45) is 5.73 Å². The molecule has 0 saturated carbocycles. The summed E-state index contributed by atoms with van der Waals surface area (Å²) < 4.78 is 0. The molecule has 3 aromatic rings. The molecule has 0 aliphatic carbocycles. The monoisotopic (exact) mass is 375 g/mol. The SMILES string of the molecule is CC(=O)N1CCC(Nc2cc(-c3cccc(C(N)=O)c3)c3nccnc3c2)C1. The van der Waals surface area contributed by atoms with Crippen molar-refractivity contribution in [3.63, 3.8) is 0 Å². The van der Waals surface area contributed by atoms with E-state index in [9.17, 15) is 9.59 Å². The molecular weight excluding hydrogens is 354 g/mol. The van der Waals surface area contributed by atoms with Crippen LogP contribution in [0.1, 0.15) is 23.7 Å². The topological polar surface area (TPSA) is 101 Å². The molecule has 1 aliphatic heterocycles. The van der Waals surface area contributed by atoms with Crippen LogP contribution < -0.4 is 11.1 Å².